The minimum Gasteiger partial charge on any atom is -0.354 e. The Morgan fingerprint density at radius 2 is 1.21 bits per heavy atom. The molecule has 5 aromatic carbocycles. The van der Waals surface area contributed by atoms with E-state index in [-0.39, 0.29) is 0 Å². The van der Waals surface area contributed by atoms with E-state index in [2.05, 4.69) is 104 Å². The molecule has 1 aromatic heterocycles. The second kappa shape index (κ2) is 5.96. The molecule has 1 heterocycles. The van der Waals surface area contributed by atoms with Gasteiger partial charge in [-0.05, 0) is 75.8 Å². The van der Waals surface area contributed by atoms with Crippen LogP contribution in [0.1, 0.15) is 11.1 Å². The van der Waals surface area contributed by atoms with Crippen molar-refractivity contribution in [1.29, 1.82) is 0 Å². The minimum atomic E-state index is 1.20. The van der Waals surface area contributed by atoms with Gasteiger partial charge in [0.05, 0.1) is 0 Å². The lowest BCUT2D eigenvalue weighted by Gasteiger charge is -2.14. The number of fused-ring (bicyclic) bond motifs is 6. The van der Waals surface area contributed by atoms with Crippen LogP contribution in [-0.2, 0) is 0 Å². The molecule has 0 aliphatic heterocycles. The van der Waals surface area contributed by atoms with Crippen molar-refractivity contribution >= 4 is 43.4 Å². The first-order valence-corrected chi connectivity index (χ1v) is 10.1. The molecule has 6 rings (SSSR count). The zero-order valence-corrected chi connectivity index (χ0v) is 16.6. The highest BCUT2D eigenvalue weighted by molar-refractivity contribution is 6.24. The second-order valence-corrected chi connectivity index (χ2v) is 8.03. The van der Waals surface area contributed by atoms with Gasteiger partial charge in [0.1, 0.15) is 0 Å². The molecule has 0 saturated carbocycles. The fraction of sp³-hybridized carbons (Fsp3) is 0.0714. The maximum absolute atomic E-state index is 3.66. The lowest BCUT2D eigenvalue weighted by molar-refractivity contribution is 1.44. The number of aryl methyl sites for hydroxylation is 2. The molecule has 29 heavy (non-hydrogen) atoms. The van der Waals surface area contributed by atoms with Crippen LogP contribution >= 0.6 is 0 Å². The van der Waals surface area contributed by atoms with Crippen LogP contribution in [0.15, 0.2) is 84.9 Å². The highest BCUT2D eigenvalue weighted by Gasteiger charge is 2.16. The number of benzene rings is 5. The molecule has 0 bridgehead atoms. The van der Waals surface area contributed by atoms with Crippen LogP contribution in [0, 0.1) is 13.8 Å². The topological polar surface area (TPSA) is 15.8 Å². The number of rotatable bonds is 1. The van der Waals surface area contributed by atoms with Gasteiger partial charge in [0.2, 0.25) is 0 Å². The fourth-order valence-electron chi connectivity index (χ4n) is 4.83. The van der Waals surface area contributed by atoms with Crippen molar-refractivity contribution in [1.82, 2.24) is 4.98 Å². The van der Waals surface area contributed by atoms with Crippen LogP contribution in [0.25, 0.3) is 54.5 Å². The first-order valence-electron chi connectivity index (χ1n) is 10.1. The van der Waals surface area contributed by atoms with E-state index in [9.17, 15) is 0 Å². The molecular weight excluding hydrogens is 350 g/mol. The summed E-state index contributed by atoms with van der Waals surface area (Å²) in [6.45, 7) is 4.46. The number of nitrogens with one attached hydrogen (secondary N) is 1. The molecule has 0 radical (unpaired) electrons. The van der Waals surface area contributed by atoms with E-state index in [1.165, 1.54) is 65.6 Å². The molecule has 0 atom stereocenters. The summed E-state index contributed by atoms with van der Waals surface area (Å²) < 4.78 is 0. The summed E-state index contributed by atoms with van der Waals surface area (Å²) in [6, 6.07) is 30.9. The number of H-pyrrole nitrogens is 1. The standard InChI is InChI=1S/C28H21N/c1-17-11-13-25-28(27-22-10-6-5-7-19(22)12-14-24(27)29-25)26(17)23-16-21-9-4-3-8-20(21)15-18(23)2/h3-16,29H,1-2H3. The molecule has 1 nitrogen and oxygen atoms in total. The van der Waals surface area contributed by atoms with Gasteiger partial charge in [0.25, 0.3) is 0 Å². The molecule has 0 amide bonds. The van der Waals surface area contributed by atoms with E-state index in [0.29, 0.717) is 0 Å². The van der Waals surface area contributed by atoms with E-state index in [1.807, 2.05) is 0 Å². The van der Waals surface area contributed by atoms with E-state index >= 15 is 0 Å². The van der Waals surface area contributed by atoms with Crippen LogP contribution in [0.2, 0.25) is 0 Å². The van der Waals surface area contributed by atoms with Crippen molar-refractivity contribution in [3.8, 4) is 11.1 Å². The molecule has 0 unspecified atom stereocenters. The molecule has 0 fully saturated rings. The van der Waals surface area contributed by atoms with Gasteiger partial charge < -0.3 is 4.98 Å². The molecule has 1 N–H and O–H groups in total. The number of aromatic amines is 1. The van der Waals surface area contributed by atoms with Crippen molar-refractivity contribution in [2.75, 3.05) is 0 Å². The van der Waals surface area contributed by atoms with Crippen molar-refractivity contribution in [2.24, 2.45) is 0 Å². The monoisotopic (exact) mass is 371 g/mol. The zero-order chi connectivity index (χ0) is 19.5. The molecule has 0 aliphatic carbocycles. The molecule has 138 valence electrons. The maximum Gasteiger partial charge on any atom is 0.0471 e. The number of hydrogen-bond acceptors (Lipinski definition) is 0. The SMILES string of the molecule is Cc1cc2ccccc2cc1-c1c(C)ccc2[nH]c3ccc4ccccc4c3c12. The molecule has 0 saturated heterocycles. The number of hydrogen-bond donors (Lipinski definition) is 1. The van der Waals surface area contributed by atoms with E-state index in [1.54, 1.807) is 0 Å². The molecule has 6 aromatic rings. The van der Waals surface area contributed by atoms with E-state index in [0.717, 1.165) is 0 Å². The smallest absolute Gasteiger partial charge is 0.0471 e. The van der Waals surface area contributed by atoms with Gasteiger partial charge in [0.15, 0.2) is 0 Å². The normalized spacial score (nSPS) is 11.8. The maximum atomic E-state index is 3.66. The second-order valence-electron chi connectivity index (χ2n) is 8.03. The Bertz CT molecular complexity index is 1570. The van der Waals surface area contributed by atoms with Gasteiger partial charge in [-0.25, -0.2) is 0 Å². The highest BCUT2D eigenvalue weighted by atomic mass is 14.7. The van der Waals surface area contributed by atoms with Crippen LogP contribution in [0.4, 0.5) is 0 Å². The Kier molecular flexibility index (Phi) is 3.36. The summed E-state index contributed by atoms with van der Waals surface area (Å²) >= 11 is 0. The molecular formula is C28H21N. The summed E-state index contributed by atoms with van der Waals surface area (Å²) in [6.07, 6.45) is 0. The first-order chi connectivity index (χ1) is 14.2. The Morgan fingerprint density at radius 3 is 2.03 bits per heavy atom. The van der Waals surface area contributed by atoms with Crippen LogP contribution in [0.5, 0.6) is 0 Å². The zero-order valence-electron chi connectivity index (χ0n) is 16.6. The summed E-state index contributed by atoms with van der Waals surface area (Å²) in [5.74, 6) is 0. The third-order valence-electron chi connectivity index (χ3n) is 6.22. The van der Waals surface area contributed by atoms with Gasteiger partial charge >= 0.3 is 0 Å². The quantitative estimate of drug-likeness (QED) is 0.302. The summed E-state index contributed by atoms with van der Waals surface area (Å²) in [7, 11) is 0. The fourth-order valence-corrected chi connectivity index (χ4v) is 4.83. The van der Waals surface area contributed by atoms with Gasteiger partial charge in [-0.3, -0.25) is 0 Å². The Labute approximate surface area is 169 Å². The molecule has 1 heteroatoms. The summed E-state index contributed by atoms with van der Waals surface area (Å²) in [4.78, 5) is 3.66. The average Bonchev–Trinajstić information content (AvgIpc) is 3.13. The van der Waals surface area contributed by atoms with Crippen molar-refractivity contribution in [2.45, 2.75) is 13.8 Å². The number of aromatic nitrogens is 1. The third-order valence-corrected chi connectivity index (χ3v) is 6.22. The first kappa shape index (κ1) is 16.4. The lowest BCUT2D eigenvalue weighted by atomic mass is 9.89. The third kappa shape index (κ3) is 2.34. The minimum absolute atomic E-state index is 1.20. The summed E-state index contributed by atoms with van der Waals surface area (Å²) in [5.41, 5.74) is 7.68. The van der Waals surface area contributed by atoms with Crippen molar-refractivity contribution < 1.29 is 0 Å². The predicted molar refractivity (Wildman–Crippen MR) is 126 cm³/mol. The van der Waals surface area contributed by atoms with Gasteiger partial charge in [-0.2, -0.15) is 0 Å². The van der Waals surface area contributed by atoms with E-state index < -0.39 is 0 Å². The van der Waals surface area contributed by atoms with Gasteiger partial charge in [-0.1, -0.05) is 66.7 Å². The Morgan fingerprint density at radius 1 is 0.552 bits per heavy atom. The Hall–Kier alpha value is -3.58. The van der Waals surface area contributed by atoms with E-state index in [4.69, 9.17) is 0 Å². The largest absolute Gasteiger partial charge is 0.354 e. The average molecular weight is 371 g/mol. The highest BCUT2D eigenvalue weighted by Crippen LogP contribution is 2.41. The van der Waals surface area contributed by atoms with Crippen LogP contribution < -0.4 is 0 Å². The van der Waals surface area contributed by atoms with Crippen molar-refractivity contribution in [3.05, 3.63) is 96.1 Å². The van der Waals surface area contributed by atoms with Crippen molar-refractivity contribution in [3.63, 3.8) is 0 Å². The lowest BCUT2D eigenvalue weighted by Crippen LogP contribution is -1.90. The van der Waals surface area contributed by atoms with Crippen LogP contribution in [-0.4, -0.2) is 4.98 Å². The Balaban J connectivity index is 1.83. The van der Waals surface area contributed by atoms with Gasteiger partial charge in [-0.15, -0.1) is 0 Å². The molecule has 0 aliphatic rings. The van der Waals surface area contributed by atoms with Gasteiger partial charge in [0, 0.05) is 21.8 Å². The van der Waals surface area contributed by atoms with Crippen LogP contribution in [0.3, 0.4) is 0 Å². The molecule has 0 spiro atoms. The predicted octanol–water partition coefficient (Wildman–Crippen LogP) is 7.91. The summed E-state index contributed by atoms with van der Waals surface area (Å²) in [5, 5.41) is 7.82.